The van der Waals surface area contributed by atoms with Gasteiger partial charge in [-0.25, -0.2) is 0 Å². The van der Waals surface area contributed by atoms with E-state index < -0.39 is 0 Å². The van der Waals surface area contributed by atoms with Crippen molar-refractivity contribution in [2.75, 3.05) is 0 Å². The first kappa shape index (κ1) is 11.0. The van der Waals surface area contributed by atoms with Crippen LogP contribution >= 0.6 is 35.0 Å². The molecule has 0 radical (unpaired) electrons. The molecule has 0 aliphatic carbocycles. The summed E-state index contributed by atoms with van der Waals surface area (Å²) in [6, 6.07) is 0. The fourth-order valence-corrected chi connectivity index (χ4v) is 1.90. The molecule has 6 heteroatoms. The molecule has 13 heavy (non-hydrogen) atoms. The summed E-state index contributed by atoms with van der Waals surface area (Å²) in [6.45, 7) is 6.18. The van der Waals surface area contributed by atoms with Crippen LogP contribution in [0.3, 0.4) is 0 Å². The summed E-state index contributed by atoms with van der Waals surface area (Å²) >= 11 is 12.7. The molecular formula is C7H9Cl2N3S. The van der Waals surface area contributed by atoms with Gasteiger partial charge < -0.3 is 0 Å². The van der Waals surface area contributed by atoms with Crippen molar-refractivity contribution in [2.24, 2.45) is 0 Å². The molecule has 72 valence electrons. The van der Waals surface area contributed by atoms with Gasteiger partial charge in [0.15, 0.2) is 5.16 Å². The Morgan fingerprint density at radius 2 is 1.46 bits per heavy atom. The normalized spacial score (nSPS) is 11.8. The van der Waals surface area contributed by atoms with Crippen LogP contribution in [0.4, 0.5) is 0 Å². The highest BCUT2D eigenvalue weighted by Crippen LogP contribution is 2.29. The standard InChI is InChI=1S/C7H9Cl2N3S/c1-7(2,3)13-6-11-4(8)10-5(9)12-6/h1-3H3. The van der Waals surface area contributed by atoms with Crippen LogP contribution in [-0.4, -0.2) is 19.7 Å². The summed E-state index contributed by atoms with van der Waals surface area (Å²) in [4.78, 5) is 11.5. The van der Waals surface area contributed by atoms with Crippen molar-refractivity contribution in [2.45, 2.75) is 30.7 Å². The quantitative estimate of drug-likeness (QED) is 0.705. The van der Waals surface area contributed by atoms with Crippen LogP contribution in [0.25, 0.3) is 0 Å². The molecule has 0 N–H and O–H groups in total. The molecule has 0 atom stereocenters. The maximum atomic E-state index is 5.62. The second-order valence-corrected chi connectivity index (χ2v) is 5.84. The zero-order chi connectivity index (χ0) is 10.1. The predicted molar refractivity (Wildman–Crippen MR) is 55.5 cm³/mol. The fraction of sp³-hybridized carbons (Fsp3) is 0.571. The van der Waals surface area contributed by atoms with Crippen LogP contribution in [0, 0.1) is 0 Å². The number of nitrogens with zero attached hydrogens (tertiary/aromatic N) is 3. The third kappa shape index (κ3) is 4.11. The summed E-state index contributed by atoms with van der Waals surface area (Å²) in [5, 5.41) is 0.816. The molecule has 1 aromatic heterocycles. The number of halogens is 2. The lowest BCUT2D eigenvalue weighted by Gasteiger charge is -2.15. The smallest absolute Gasteiger partial charge is 0.192 e. The topological polar surface area (TPSA) is 38.7 Å². The van der Waals surface area contributed by atoms with Gasteiger partial charge in [0.25, 0.3) is 0 Å². The highest BCUT2D eigenvalue weighted by atomic mass is 35.5. The second-order valence-electron chi connectivity index (χ2n) is 3.37. The third-order valence-corrected chi connectivity index (χ3v) is 2.27. The van der Waals surface area contributed by atoms with Crippen molar-refractivity contribution in [3.63, 3.8) is 0 Å². The van der Waals surface area contributed by atoms with E-state index in [0.29, 0.717) is 5.16 Å². The minimum atomic E-state index is 0.0357. The largest absolute Gasteiger partial charge is 0.227 e. The number of hydrogen-bond donors (Lipinski definition) is 0. The van der Waals surface area contributed by atoms with Gasteiger partial charge in [-0.2, -0.15) is 15.0 Å². The van der Waals surface area contributed by atoms with Crippen LogP contribution in [0.5, 0.6) is 0 Å². The molecule has 0 fully saturated rings. The SMILES string of the molecule is CC(C)(C)Sc1nc(Cl)nc(Cl)n1. The lowest BCUT2D eigenvalue weighted by molar-refractivity contribution is 0.787. The van der Waals surface area contributed by atoms with Gasteiger partial charge in [-0.1, -0.05) is 32.5 Å². The van der Waals surface area contributed by atoms with E-state index in [2.05, 4.69) is 35.7 Å². The van der Waals surface area contributed by atoms with E-state index >= 15 is 0 Å². The number of thioether (sulfide) groups is 1. The molecule has 1 aromatic rings. The Kier molecular flexibility index (Phi) is 3.38. The van der Waals surface area contributed by atoms with Crippen LogP contribution in [0.15, 0.2) is 5.16 Å². The van der Waals surface area contributed by atoms with Crippen molar-refractivity contribution in [3.8, 4) is 0 Å². The monoisotopic (exact) mass is 237 g/mol. The number of aromatic nitrogens is 3. The Bertz CT molecular complexity index is 291. The van der Waals surface area contributed by atoms with E-state index in [0.717, 1.165) is 0 Å². The molecule has 1 rings (SSSR count). The Balaban J connectivity index is 2.90. The van der Waals surface area contributed by atoms with E-state index in [4.69, 9.17) is 23.2 Å². The first-order chi connectivity index (χ1) is 5.87. The van der Waals surface area contributed by atoms with Gasteiger partial charge in [0.2, 0.25) is 10.6 Å². The highest BCUT2D eigenvalue weighted by Gasteiger charge is 2.15. The minimum Gasteiger partial charge on any atom is -0.192 e. The molecule has 1 heterocycles. The molecular weight excluding hydrogens is 229 g/mol. The molecule has 0 saturated carbocycles. The van der Waals surface area contributed by atoms with E-state index in [1.54, 1.807) is 0 Å². The molecule has 0 saturated heterocycles. The second kappa shape index (κ2) is 3.98. The summed E-state index contributed by atoms with van der Waals surface area (Å²) < 4.78 is 0.0357. The molecule has 0 aliphatic rings. The molecule has 3 nitrogen and oxygen atoms in total. The first-order valence-corrected chi connectivity index (χ1v) is 5.20. The van der Waals surface area contributed by atoms with Gasteiger partial charge in [-0.15, -0.1) is 0 Å². The third-order valence-electron chi connectivity index (χ3n) is 0.958. The molecule has 0 aromatic carbocycles. The molecule has 0 unspecified atom stereocenters. The molecule has 0 aliphatic heterocycles. The summed E-state index contributed by atoms with van der Waals surface area (Å²) in [7, 11) is 0. The average molecular weight is 238 g/mol. The van der Waals surface area contributed by atoms with Gasteiger partial charge in [0.05, 0.1) is 0 Å². The van der Waals surface area contributed by atoms with Gasteiger partial charge in [0, 0.05) is 4.75 Å². The fourth-order valence-electron chi connectivity index (χ4n) is 0.628. The Morgan fingerprint density at radius 3 is 1.85 bits per heavy atom. The van der Waals surface area contributed by atoms with E-state index in [-0.39, 0.29) is 15.3 Å². The first-order valence-electron chi connectivity index (χ1n) is 3.63. The summed E-state index contributed by atoms with van der Waals surface area (Å²) in [6.07, 6.45) is 0. The zero-order valence-corrected chi connectivity index (χ0v) is 9.83. The van der Waals surface area contributed by atoms with Crippen molar-refractivity contribution >= 4 is 35.0 Å². The van der Waals surface area contributed by atoms with Crippen molar-refractivity contribution < 1.29 is 0 Å². The highest BCUT2D eigenvalue weighted by molar-refractivity contribution is 8.00. The van der Waals surface area contributed by atoms with E-state index in [9.17, 15) is 0 Å². The van der Waals surface area contributed by atoms with E-state index in [1.807, 2.05) is 0 Å². The molecule has 0 amide bonds. The van der Waals surface area contributed by atoms with Gasteiger partial charge in [-0.3, -0.25) is 0 Å². The number of hydrogen-bond acceptors (Lipinski definition) is 4. The molecule has 0 spiro atoms. The summed E-state index contributed by atoms with van der Waals surface area (Å²) in [5.74, 6) is 0. The predicted octanol–water partition coefficient (Wildman–Crippen LogP) is 3.07. The minimum absolute atomic E-state index is 0.0357. The van der Waals surface area contributed by atoms with Gasteiger partial charge in [-0.05, 0) is 23.2 Å². The maximum absolute atomic E-state index is 5.62. The molecule has 0 bridgehead atoms. The van der Waals surface area contributed by atoms with Crippen LogP contribution in [0.2, 0.25) is 10.6 Å². The van der Waals surface area contributed by atoms with Crippen molar-refractivity contribution in [1.82, 2.24) is 15.0 Å². The Hall–Kier alpha value is -0.0600. The van der Waals surface area contributed by atoms with Gasteiger partial charge in [0.1, 0.15) is 0 Å². The lowest BCUT2D eigenvalue weighted by Crippen LogP contribution is -2.08. The van der Waals surface area contributed by atoms with Crippen molar-refractivity contribution in [3.05, 3.63) is 10.6 Å². The van der Waals surface area contributed by atoms with Crippen LogP contribution in [0.1, 0.15) is 20.8 Å². The Labute approximate surface area is 91.3 Å². The average Bonchev–Trinajstić information content (AvgIpc) is 1.78. The van der Waals surface area contributed by atoms with E-state index in [1.165, 1.54) is 11.8 Å². The van der Waals surface area contributed by atoms with Crippen LogP contribution in [-0.2, 0) is 0 Å². The Morgan fingerprint density at radius 1 is 1.00 bits per heavy atom. The zero-order valence-electron chi connectivity index (χ0n) is 7.51. The number of rotatable bonds is 1. The lowest BCUT2D eigenvalue weighted by atomic mass is 10.3. The maximum Gasteiger partial charge on any atom is 0.227 e. The van der Waals surface area contributed by atoms with Gasteiger partial charge >= 0.3 is 0 Å². The van der Waals surface area contributed by atoms with Crippen molar-refractivity contribution in [1.29, 1.82) is 0 Å². The summed E-state index contributed by atoms with van der Waals surface area (Å²) in [5.41, 5.74) is 0. The van der Waals surface area contributed by atoms with Crippen LogP contribution < -0.4 is 0 Å².